The second kappa shape index (κ2) is 11.4. The van der Waals surface area contributed by atoms with Gasteiger partial charge in [0.25, 0.3) is 5.78 Å². The maximum Gasteiger partial charge on any atom is 0.301 e. The van der Waals surface area contributed by atoms with Gasteiger partial charge < -0.3 is 19.3 Å². The highest BCUT2D eigenvalue weighted by Gasteiger charge is 2.48. The topological polar surface area (TPSA) is 98.2 Å². The quantitative estimate of drug-likeness (QED) is 0.119. The number of aromatic nitrogens is 1. The van der Waals surface area contributed by atoms with Crippen LogP contribution < -0.4 is 19.1 Å². The van der Waals surface area contributed by atoms with Crippen LogP contribution in [-0.2, 0) is 9.59 Å². The molecule has 210 valence electrons. The fraction of sp³-hybridized carbons (Fsp3) is 0.121. The Morgan fingerprint density at radius 1 is 0.881 bits per heavy atom. The summed E-state index contributed by atoms with van der Waals surface area (Å²) in [6, 6.07) is 27.6. The fourth-order valence-corrected chi connectivity index (χ4v) is 5.90. The number of amides is 1. The molecule has 1 atom stereocenters. The van der Waals surface area contributed by atoms with E-state index < -0.39 is 17.7 Å². The minimum atomic E-state index is -0.960. The Labute approximate surface area is 246 Å². The van der Waals surface area contributed by atoms with Crippen molar-refractivity contribution in [2.45, 2.75) is 13.0 Å². The molecule has 1 aliphatic rings. The summed E-state index contributed by atoms with van der Waals surface area (Å²) < 4.78 is 17.7. The van der Waals surface area contributed by atoms with E-state index in [-0.39, 0.29) is 11.3 Å². The van der Waals surface area contributed by atoms with E-state index in [1.807, 2.05) is 55.5 Å². The molecule has 1 unspecified atom stereocenters. The predicted octanol–water partition coefficient (Wildman–Crippen LogP) is 7.12. The van der Waals surface area contributed by atoms with Gasteiger partial charge in [-0.2, -0.15) is 0 Å². The first-order chi connectivity index (χ1) is 20.5. The lowest BCUT2D eigenvalue weighted by Gasteiger charge is -2.23. The molecule has 42 heavy (non-hydrogen) atoms. The van der Waals surface area contributed by atoms with Gasteiger partial charge in [-0.1, -0.05) is 41.7 Å². The van der Waals surface area contributed by atoms with Gasteiger partial charge >= 0.3 is 5.91 Å². The Kier molecular flexibility index (Phi) is 7.33. The van der Waals surface area contributed by atoms with Crippen molar-refractivity contribution < 1.29 is 28.9 Å². The molecule has 9 heteroatoms. The molecule has 1 N–H and O–H groups in total. The molecule has 0 saturated carbocycles. The van der Waals surface area contributed by atoms with Gasteiger partial charge in [0.15, 0.2) is 5.13 Å². The summed E-state index contributed by atoms with van der Waals surface area (Å²) in [4.78, 5) is 33.4. The van der Waals surface area contributed by atoms with Crippen molar-refractivity contribution in [3.63, 3.8) is 0 Å². The van der Waals surface area contributed by atoms with Gasteiger partial charge in [0, 0.05) is 5.56 Å². The second-order valence-electron chi connectivity index (χ2n) is 9.44. The third kappa shape index (κ3) is 5.06. The highest BCUT2D eigenvalue weighted by atomic mass is 32.1. The molecule has 1 fully saturated rings. The van der Waals surface area contributed by atoms with Crippen LogP contribution in [0.3, 0.4) is 0 Å². The zero-order valence-electron chi connectivity index (χ0n) is 22.8. The Balaban J connectivity index is 1.50. The van der Waals surface area contributed by atoms with E-state index >= 15 is 0 Å². The molecular formula is C33H26N2O6S. The van der Waals surface area contributed by atoms with Crippen LogP contribution >= 0.6 is 11.3 Å². The van der Waals surface area contributed by atoms with Gasteiger partial charge in [0.1, 0.15) is 28.8 Å². The Morgan fingerprint density at radius 2 is 1.62 bits per heavy atom. The number of ketones is 1. The number of carbonyl (C=O) groups excluding carboxylic acids is 2. The molecule has 6 rings (SSSR count). The molecule has 1 saturated heterocycles. The zero-order chi connectivity index (χ0) is 29.2. The highest BCUT2D eigenvalue weighted by Crippen LogP contribution is 2.45. The number of anilines is 1. The predicted molar refractivity (Wildman–Crippen MR) is 162 cm³/mol. The molecule has 0 aliphatic carbocycles. The number of methoxy groups -OCH3 is 1. The first-order valence-corrected chi connectivity index (χ1v) is 14.1. The molecule has 2 heterocycles. The third-order valence-electron chi connectivity index (χ3n) is 6.83. The number of para-hydroxylation sites is 1. The molecule has 4 aromatic carbocycles. The number of aliphatic hydroxyl groups excluding tert-OH is 1. The van der Waals surface area contributed by atoms with Crippen molar-refractivity contribution in [3.05, 3.63) is 114 Å². The first-order valence-electron chi connectivity index (χ1n) is 13.3. The van der Waals surface area contributed by atoms with Crippen LogP contribution in [0, 0.1) is 0 Å². The van der Waals surface area contributed by atoms with Crippen LogP contribution in [0.5, 0.6) is 23.0 Å². The van der Waals surface area contributed by atoms with Gasteiger partial charge in [0.05, 0.1) is 35.5 Å². The normalized spacial score (nSPS) is 16.1. The number of hydrogen-bond donors (Lipinski definition) is 1. The Morgan fingerprint density at radius 3 is 2.36 bits per heavy atom. The fourth-order valence-electron chi connectivity index (χ4n) is 4.87. The third-order valence-corrected chi connectivity index (χ3v) is 7.84. The number of benzene rings is 4. The molecule has 8 nitrogen and oxygen atoms in total. The summed E-state index contributed by atoms with van der Waals surface area (Å²) in [5.74, 6) is 0.542. The van der Waals surface area contributed by atoms with Crippen LogP contribution in [0.1, 0.15) is 24.1 Å². The van der Waals surface area contributed by atoms with E-state index in [1.165, 1.54) is 16.2 Å². The maximum absolute atomic E-state index is 13.7. The van der Waals surface area contributed by atoms with Crippen LogP contribution in [0.2, 0.25) is 0 Å². The van der Waals surface area contributed by atoms with E-state index in [4.69, 9.17) is 19.2 Å². The number of Topliss-reactive ketones (excluding diaryl/α,β-unsaturated/α-hetero) is 1. The highest BCUT2D eigenvalue weighted by molar-refractivity contribution is 7.22. The SMILES string of the molecule is CCOc1ccc2nc(N3C(=O)C(=O)/C(=C(/O)c4ccc(OC)cc4)C3c3cccc(Oc4ccccc4)c3)sc2c1. The minimum absolute atomic E-state index is 0.0451. The van der Waals surface area contributed by atoms with Gasteiger partial charge in [-0.15, -0.1) is 0 Å². The Bertz CT molecular complexity index is 1810. The van der Waals surface area contributed by atoms with Gasteiger partial charge in [-0.05, 0) is 79.2 Å². The van der Waals surface area contributed by atoms with Crippen molar-refractivity contribution in [1.29, 1.82) is 0 Å². The summed E-state index contributed by atoms with van der Waals surface area (Å²) in [7, 11) is 1.54. The van der Waals surface area contributed by atoms with E-state index in [0.717, 1.165) is 4.70 Å². The van der Waals surface area contributed by atoms with E-state index in [0.29, 0.717) is 51.4 Å². The molecule has 1 aliphatic heterocycles. The average molecular weight is 579 g/mol. The summed E-state index contributed by atoms with van der Waals surface area (Å²) in [6.45, 7) is 2.42. The Hall–Kier alpha value is -5.15. The van der Waals surface area contributed by atoms with E-state index in [9.17, 15) is 14.7 Å². The van der Waals surface area contributed by atoms with E-state index in [2.05, 4.69) is 0 Å². The number of rotatable bonds is 8. The number of thiazole rings is 1. The molecule has 5 aromatic rings. The molecule has 0 radical (unpaired) electrons. The van der Waals surface area contributed by atoms with Crippen molar-refractivity contribution in [3.8, 4) is 23.0 Å². The van der Waals surface area contributed by atoms with Crippen LogP contribution in [0.25, 0.3) is 16.0 Å². The second-order valence-corrected chi connectivity index (χ2v) is 10.5. The number of nitrogens with zero attached hydrogens (tertiary/aromatic N) is 2. The summed E-state index contributed by atoms with van der Waals surface area (Å²) in [6.07, 6.45) is 0. The van der Waals surface area contributed by atoms with Gasteiger partial charge in [-0.25, -0.2) is 4.98 Å². The van der Waals surface area contributed by atoms with Crippen LogP contribution in [0.4, 0.5) is 5.13 Å². The van der Waals surface area contributed by atoms with Crippen molar-refractivity contribution >= 4 is 44.1 Å². The first kappa shape index (κ1) is 27.0. The van der Waals surface area contributed by atoms with Gasteiger partial charge in [0.2, 0.25) is 0 Å². The lowest BCUT2D eigenvalue weighted by Crippen LogP contribution is -2.29. The van der Waals surface area contributed by atoms with E-state index in [1.54, 1.807) is 55.6 Å². The standard InChI is InChI=1S/C33H26N2O6S/c1-3-40-24-16-17-26-27(19-24)42-33(34-26)35-29(21-8-7-11-25(18-21)41-23-9-5-4-6-10-23)28(31(37)32(35)38)30(36)20-12-14-22(39-2)15-13-20/h4-19,29,36H,3H2,1-2H3/b30-28+. The number of carbonyl (C=O) groups is 2. The minimum Gasteiger partial charge on any atom is -0.507 e. The number of fused-ring (bicyclic) bond motifs is 1. The molecule has 0 spiro atoms. The van der Waals surface area contributed by atoms with Crippen molar-refractivity contribution in [2.24, 2.45) is 0 Å². The summed E-state index contributed by atoms with van der Waals surface area (Å²) in [5.41, 5.74) is 1.57. The summed E-state index contributed by atoms with van der Waals surface area (Å²) in [5, 5.41) is 11.8. The molecule has 1 amide bonds. The molecule has 0 bridgehead atoms. The molecular weight excluding hydrogens is 552 g/mol. The monoisotopic (exact) mass is 578 g/mol. The van der Waals surface area contributed by atoms with Crippen LogP contribution in [0.15, 0.2) is 103 Å². The van der Waals surface area contributed by atoms with Crippen molar-refractivity contribution in [2.75, 3.05) is 18.6 Å². The van der Waals surface area contributed by atoms with Crippen molar-refractivity contribution in [1.82, 2.24) is 4.98 Å². The van der Waals surface area contributed by atoms with Crippen LogP contribution in [-0.4, -0.2) is 35.5 Å². The maximum atomic E-state index is 13.7. The lowest BCUT2D eigenvalue weighted by atomic mass is 9.95. The largest absolute Gasteiger partial charge is 0.507 e. The van der Waals surface area contributed by atoms with Gasteiger partial charge in [-0.3, -0.25) is 14.5 Å². The average Bonchev–Trinajstić information content (AvgIpc) is 3.55. The number of aliphatic hydroxyl groups is 1. The number of hydrogen-bond acceptors (Lipinski definition) is 8. The number of ether oxygens (including phenoxy) is 3. The zero-order valence-corrected chi connectivity index (χ0v) is 23.6. The molecule has 1 aromatic heterocycles. The lowest BCUT2D eigenvalue weighted by molar-refractivity contribution is -0.132. The summed E-state index contributed by atoms with van der Waals surface area (Å²) >= 11 is 1.27. The smallest absolute Gasteiger partial charge is 0.301 e.